The quantitative estimate of drug-likeness (QED) is 0.639. The Morgan fingerprint density at radius 2 is 1.17 bits per heavy atom. The monoisotopic (exact) mass is 316 g/mol. The first-order valence-electron chi connectivity index (χ1n) is 8.34. The molecule has 0 amide bonds. The van der Waals surface area contributed by atoms with E-state index in [-0.39, 0.29) is 0 Å². The second-order valence-electron chi connectivity index (χ2n) is 6.38. The Labute approximate surface area is 141 Å². The van der Waals surface area contributed by atoms with Gasteiger partial charge in [-0.05, 0) is 36.1 Å². The SMILES string of the molecule is Cc1cccc(C(C)[SiH](c2ccccc2)c2ccccc2)c1C. The second kappa shape index (κ2) is 6.97. The molecule has 3 aromatic rings. The lowest BCUT2D eigenvalue weighted by atomic mass is 10.0. The lowest BCUT2D eigenvalue weighted by molar-refractivity contribution is 1.03. The molecule has 0 N–H and O–H groups in total. The fraction of sp³-hybridized carbons (Fsp3) is 0.182. The molecule has 1 heteroatoms. The third-order valence-electron chi connectivity index (χ3n) is 4.95. The summed E-state index contributed by atoms with van der Waals surface area (Å²) in [7, 11) is -1.32. The molecule has 0 nitrogen and oxygen atoms in total. The van der Waals surface area contributed by atoms with Gasteiger partial charge >= 0.3 is 0 Å². The molecule has 1 unspecified atom stereocenters. The van der Waals surface area contributed by atoms with Gasteiger partial charge in [0.25, 0.3) is 0 Å². The van der Waals surface area contributed by atoms with Crippen LogP contribution in [0, 0.1) is 13.8 Å². The van der Waals surface area contributed by atoms with Crippen molar-refractivity contribution in [3.8, 4) is 0 Å². The summed E-state index contributed by atoms with van der Waals surface area (Å²) in [6.07, 6.45) is 0. The summed E-state index contributed by atoms with van der Waals surface area (Å²) in [4.78, 5) is 0. The summed E-state index contributed by atoms with van der Waals surface area (Å²) in [5, 5.41) is 3.04. The van der Waals surface area contributed by atoms with Crippen molar-refractivity contribution >= 4 is 19.2 Å². The number of hydrogen-bond acceptors (Lipinski definition) is 0. The highest BCUT2D eigenvalue weighted by Crippen LogP contribution is 2.24. The van der Waals surface area contributed by atoms with Crippen LogP contribution in [0.2, 0.25) is 0 Å². The van der Waals surface area contributed by atoms with Crippen molar-refractivity contribution in [2.75, 3.05) is 0 Å². The van der Waals surface area contributed by atoms with Crippen LogP contribution in [0.3, 0.4) is 0 Å². The summed E-state index contributed by atoms with van der Waals surface area (Å²) in [5.74, 6) is 0. The average Bonchev–Trinajstić information content (AvgIpc) is 2.59. The van der Waals surface area contributed by atoms with Gasteiger partial charge in [-0.15, -0.1) is 0 Å². The van der Waals surface area contributed by atoms with Gasteiger partial charge < -0.3 is 0 Å². The number of hydrogen-bond donors (Lipinski definition) is 0. The molecule has 0 saturated heterocycles. The first-order valence-corrected chi connectivity index (χ1v) is 10.2. The van der Waals surface area contributed by atoms with Gasteiger partial charge in [0.2, 0.25) is 0 Å². The van der Waals surface area contributed by atoms with Crippen molar-refractivity contribution in [1.29, 1.82) is 0 Å². The molecule has 0 aliphatic heterocycles. The van der Waals surface area contributed by atoms with Crippen LogP contribution in [0.4, 0.5) is 0 Å². The van der Waals surface area contributed by atoms with Gasteiger partial charge in [-0.1, -0.05) is 96.2 Å². The number of aryl methyl sites for hydroxylation is 1. The van der Waals surface area contributed by atoms with Gasteiger partial charge in [0.05, 0.1) is 0 Å². The van der Waals surface area contributed by atoms with Crippen molar-refractivity contribution in [3.63, 3.8) is 0 Å². The molecular formula is C22H24Si. The average molecular weight is 317 g/mol. The summed E-state index contributed by atoms with van der Waals surface area (Å²) in [5.41, 5.74) is 4.92. The summed E-state index contributed by atoms with van der Waals surface area (Å²) < 4.78 is 0. The molecule has 0 saturated carbocycles. The maximum absolute atomic E-state index is 2.42. The lowest BCUT2D eigenvalue weighted by Gasteiger charge is -2.26. The normalized spacial score (nSPS) is 12.3. The topological polar surface area (TPSA) is 0 Å². The number of benzene rings is 3. The predicted molar refractivity (Wildman–Crippen MR) is 104 cm³/mol. The Hall–Kier alpha value is -2.12. The van der Waals surface area contributed by atoms with Crippen LogP contribution in [0.15, 0.2) is 78.9 Å². The van der Waals surface area contributed by atoms with Gasteiger partial charge in [0.15, 0.2) is 0 Å². The third-order valence-corrected chi connectivity index (χ3v) is 8.52. The van der Waals surface area contributed by atoms with E-state index in [0.29, 0.717) is 5.54 Å². The molecule has 0 bridgehead atoms. The Morgan fingerprint density at radius 1 is 0.652 bits per heavy atom. The molecular weight excluding hydrogens is 292 g/mol. The summed E-state index contributed by atoms with van der Waals surface area (Å²) in [6, 6.07) is 28.9. The first kappa shape index (κ1) is 15.8. The third kappa shape index (κ3) is 3.30. The van der Waals surface area contributed by atoms with Crippen LogP contribution >= 0.6 is 0 Å². The Bertz CT molecular complexity index is 723. The van der Waals surface area contributed by atoms with Gasteiger partial charge in [-0.2, -0.15) is 0 Å². The lowest BCUT2D eigenvalue weighted by Crippen LogP contribution is -2.46. The van der Waals surface area contributed by atoms with Gasteiger partial charge in [-0.25, -0.2) is 0 Å². The van der Waals surface area contributed by atoms with Crippen LogP contribution in [-0.4, -0.2) is 8.80 Å². The van der Waals surface area contributed by atoms with Crippen LogP contribution in [0.1, 0.15) is 29.2 Å². The van der Waals surface area contributed by atoms with Crippen molar-refractivity contribution < 1.29 is 0 Å². The number of rotatable bonds is 4. The standard InChI is InChI=1S/C22H24Si/c1-17-11-10-16-22(18(17)2)19(3)23(20-12-6-4-7-13-20)21-14-8-5-9-15-21/h4-16,19,23H,1-3H3. The molecule has 0 aliphatic rings. The smallest absolute Gasteiger partial charge is 0.0629 e. The molecule has 3 rings (SSSR count). The largest absolute Gasteiger partial charge is 0.110 e. The minimum Gasteiger partial charge on any atom is -0.0629 e. The fourth-order valence-electron chi connectivity index (χ4n) is 3.54. The van der Waals surface area contributed by atoms with E-state index in [2.05, 4.69) is 99.6 Å². The van der Waals surface area contributed by atoms with E-state index in [1.54, 1.807) is 0 Å². The molecule has 0 aliphatic carbocycles. The van der Waals surface area contributed by atoms with Crippen molar-refractivity contribution in [2.24, 2.45) is 0 Å². The van der Waals surface area contributed by atoms with E-state index < -0.39 is 8.80 Å². The van der Waals surface area contributed by atoms with Gasteiger partial charge in [0, 0.05) is 0 Å². The molecule has 0 spiro atoms. The van der Waals surface area contributed by atoms with Crippen molar-refractivity contribution in [1.82, 2.24) is 0 Å². The highest BCUT2D eigenvalue weighted by atomic mass is 28.3. The Morgan fingerprint density at radius 3 is 1.70 bits per heavy atom. The maximum atomic E-state index is 2.42. The zero-order chi connectivity index (χ0) is 16.2. The first-order chi connectivity index (χ1) is 11.2. The molecule has 0 heterocycles. The summed E-state index contributed by atoms with van der Waals surface area (Å²) in [6.45, 7) is 6.90. The van der Waals surface area contributed by atoms with Crippen LogP contribution < -0.4 is 10.4 Å². The zero-order valence-electron chi connectivity index (χ0n) is 14.2. The van der Waals surface area contributed by atoms with Crippen molar-refractivity contribution in [2.45, 2.75) is 26.3 Å². The molecule has 1 atom stereocenters. The molecule has 3 aromatic carbocycles. The molecule has 0 aromatic heterocycles. The van der Waals surface area contributed by atoms with Gasteiger partial charge in [-0.3, -0.25) is 0 Å². The van der Waals surface area contributed by atoms with Crippen LogP contribution in [-0.2, 0) is 0 Å². The van der Waals surface area contributed by atoms with Crippen molar-refractivity contribution in [3.05, 3.63) is 95.6 Å². The van der Waals surface area contributed by atoms with Gasteiger partial charge in [0.1, 0.15) is 8.80 Å². The summed E-state index contributed by atoms with van der Waals surface area (Å²) >= 11 is 0. The molecule has 23 heavy (non-hydrogen) atoms. The van der Waals surface area contributed by atoms with E-state index in [1.807, 2.05) is 0 Å². The maximum Gasteiger partial charge on any atom is 0.110 e. The fourth-order valence-corrected chi connectivity index (χ4v) is 7.07. The molecule has 0 fully saturated rings. The highest BCUT2D eigenvalue weighted by molar-refractivity contribution is 6.86. The zero-order valence-corrected chi connectivity index (χ0v) is 15.3. The minimum atomic E-state index is -1.32. The minimum absolute atomic E-state index is 0.569. The van der Waals surface area contributed by atoms with Crippen LogP contribution in [0.5, 0.6) is 0 Å². The molecule has 0 radical (unpaired) electrons. The van der Waals surface area contributed by atoms with E-state index >= 15 is 0 Å². The second-order valence-corrected chi connectivity index (χ2v) is 9.67. The predicted octanol–water partition coefficient (Wildman–Crippen LogP) is 3.99. The van der Waals surface area contributed by atoms with E-state index in [4.69, 9.17) is 0 Å². The van der Waals surface area contributed by atoms with Crippen LogP contribution in [0.25, 0.3) is 0 Å². The Balaban J connectivity index is 2.10. The molecule has 116 valence electrons. The van der Waals surface area contributed by atoms with E-state index in [9.17, 15) is 0 Å². The Kier molecular flexibility index (Phi) is 4.78. The van der Waals surface area contributed by atoms with E-state index in [0.717, 1.165) is 0 Å². The highest BCUT2D eigenvalue weighted by Gasteiger charge is 2.25. The van der Waals surface area contributed by atoms with E-state index in [1.165, 1.54) is 27.1 Å².